The Morgan fingerprint density at radius 3 is 2.60 bits per heavy atom. The van der Waals surface area contributed by atoms with E-state index in [9.17, 15) is 0 Å². The van der Waals surface area contributed by atoms with Gasteiger partial charge in [0.15, 0.2) is 0 Å². The molecule has 110 valence electrons. The number of hydrogen-bond donors (Lipinski definition) is 1. The summed E-state index contributed by atoms with van der Waals surface area (Å²) in [6, 6.07) is 8.71. The van der Waals surface area contributed by atoms with Crippen molar-refractivity contribution in [2.75, 3.05) is 20.2 Å². The summed E-state index contributed by atoms with van der Waals surface area (Å²) >= 11 is 0. The van der Waals surface area contributed by atoms with Gasteiger partial charge >= 0.3 is 0 Å². The van der Waals surface area contributed by atoms with Gasteiger partial charge < -0.3 is 10.1 Å². The van der Waals surface area contributed by atoms with Crippen molar-refractivity contribution < 1.29 is 4.74 Å². The molecule has 0 heterocycles. The van der Waals surface area contributed by atoms with Crippen LogP contribution in [0.1, 0.15) is 45.1 Å². The van der Waals surface area contributed by atoms with E-state index in [1.54, 1.807) is 7.11 Å². The Balaban J connectivity index is 1.75. The molecule has 2 nitrogen and oxygen atoms in total. The van der Waals surface area contributed by atoms with Crippen LogP contribution in [0.25, 0.3) is 0 Å². The lowest BCUT2D eigenvalue weighted by molar-refractivity contribution is 0.115. The lowest BCUT2D eigenvalue weighted by atomic mass is 9.56. The normalized spacial score (nSPS) is 21.8. The van der Waals surface area contributed by atoms with E-state index in [1.807, 2.05) is 6.07 Å². The van der Waals surface area contributed by atoms with Gasteiger partial charge in [-0.05, 0) is 61.3 Å². The van der Waals surface area contributed by atoms with E-state index >= 15 is 0 Å². The quantitative estimate of drug-likeness (QED) is 0.852. The van der Waals surface area contributed by atoms with E-state index in [-0.39, 0.29) is 0 Å². The molecule has 0 unspecified atom stereocenters. The van der Waals surface area contributed by atoms with Crippen molar-refractivity contribution in [3.63, 3.8) is 0 Å². The minimum Gasteiger partial charge on any atom is -0.497 e. The summed E-state index contributed by atoms with van der Waals surface area (Å²) in [6.45, 7) is 6.77. The minimum atomic E-state index is 0.347. The van der Waals surface area contributed by atoms with Crippen LogP contribution in [0.15, 0.2) is 24.3 Å². The Bertz CT molecular complexity index is 468. The maximum absolute atomic E-state index is 5.41. The molecular formula is C18H27NO. The fourth-order valence-corrected chi connectivity index (χ4v) is 3.90. The van der Waals surface area contributed by atoms with Gasteiger partial charge in [0.25, 0.3) is 0 Å². The number of ether oxygens (including phenoxy) is 1. The smallest absolute Gasteiger partial charge is 0.119 e. The van der Waals surface area contributed by atoms with E-state index in [4.69, 9.17) is 4.74 Å². The molecule has 1 spiro atoms. The molecule has 2 saturated carbocycles. The van der Waals surface area contributed by atoms with Crippen molar-refractivity contribution in [3.05, 3.63) is 29.8 Å². The molecule has 1 N–H and O–H groups in total. The van der Waals surface area contributed by atoms with Crippen LogP contribution in [0.3, 0.4) is 0 Å². The van der Waals surface area contributed by atoms with E-state index in [0.29, 0.717) is 16.7 Å². The summed E-state index contributed by atoms with van der Waals surface area (Å²) in [4.78, 5) is 0. The molecule has 1 aromatic rings. The highest BCUT2D eigenvalue weighted by Gasteiger charge is 2.60. The molecule has 2 heteroatoms. The van der Waals surface area contributed by atoms with E-state index in [0.717, 1.165) is 18.8 Å². The topological polar surface area (TPSA) is 21.3 Å². The summed E-state index contributed by atoms with van der Waals surface area (Å²) in [5, 5.41) is 3.69. The Morgan fingerprint density at radius 2 is 2.00 bits per heavy atom. The Morgan fingerprint density at radius 1 is 1.25 bits per heavy atom. The van der Waals surface area contributed by atoms with Crippen LogP contribution in [0.5, 0.6) is 5.75 Å². The highest BCUT2D eigenvalue weighted by atomic mass is 16.5. The predicted octanol–water partition coefficient (Wildman–Crippen LogP) is 3.75. The molecule has 0 radical (unpaired) electrons. The summed E-state index contributed by atoms with van der Waals surface area (Å²) < 4.78 is 5.41. The molecule has 20 heavy (non-hydrogen) atoms. The summed E-state index contributed by atoms with van der Waals surface area (Å²) in [6.07, 6.45) is 5.61. The van der Waals surface area contributed by atoms with Gasteiger partial charge in [-0.1, -0.05) is 26.0 Å². The van der Waals surface area contributed by atoms with E-state index < -0.39 is 0 Å². The molecule has 2 aliphatic rings. The molecule has 0 aromatic heterocycles. The van der Waals surface area contributed by atoms with Gasteiger partial charge in [0, 0.05) is 12.0 Å². The summed E-state index contributed by atoms with van der Waals surface area (Å²) in [7, 11) is 1.76. The molecule has 3 rings (SSSR count). The Kier molecular flexibility index (Phi) is 3.53. The average molecular weight is 273 g/mol. The second-order valence-electron chi connectivity index (χ2n) is 7.39. The van der Waals surface area contributed by atoms with Gasteiger partial charge in [0.1, 0.15) is 5.75 Å². The van der Waals surface area contributed by atoms with Crippen LogP contribution in [0, 0.1) is 11.3 Å². The second kappa shape index (κ2) is 5.07. The molecule has 0 atom stereocenters. The minimum absolute atomic E-state index is 0.347. The van der Waals surface area contributed by atoms with Crippen LogP contribution in [0.2, 0.25) is 0 Å². The molecule has 0 aliphatic heterocycles. The summed E-state index contributed by atoms with van der Waals surface area (Å²) in [5.41, 5.74) is 2.52. The van der Waals surface area contributed by atoms with Gasteiger partial charge in [-0.25, -0.2) is 0 Å². The third kappa shape index (κ3) is 2.58. The first-order chi connectivity index (χ1) is 9.57. The van der Waals surface area contributed by atoms with Gasteiger partial charge in [-0.3, -0.25) is 0 Å². The van der Waals surface area contributed by atoms with Crippen molar-refractivity contribution in [2.45, 2.75) is 44.9 Å². The van der Waals surface area contributed by atoms with Gasteiger partial charge in [0.05, 0.1) is 7.11 Å². The molecule has 0 amide bonds. The fourth-order valence-electron chi connectivity index (χ4n) is 3.90. The van der Waals surface area contributed by atoms with Crippen molar-refractivity contribution in [2.24, 2.45) is 11.3 Å². The van der Waals surface area contributed by atoms with Crippen LogP contribution >= 0.6 is 0 Å². The number of hydrogen-bond acceptors (Lipinski definition) is 2. The standard InChI is InChI=1S/C18H27NO/c1-14(2)10-19-13-18(11-17(12-18)7-8-17)15-5-4-6-16(9-15)20-3/h4-6,9,14,19H,7-8,10-13H2,1-3H3. The monoisotopic (exact) mass is 273 g/mol. The maximum atomic E-state index is 5.41. The third-order valence-electron chi connectivity index (χ3n) is 5.08. The van der Waals surface area contributed by atoms with Crippen molar-refractivity contribution in [1.29, 1.82) is 0 Å². The lowest BCUT2D eigenvalue weighted by Crippen LogP contribution is -2.50. The molecule has 2 fully saturated rings. The highest BCUT2D eigenvalue weighted by molar-refractivity contribution is 5.38. The lowest BCUT2D eigenvalue weighted by Gasteiger charge is -2.50. The number of benzene rings is 1. The van der Waals surface area contributed by atoms with E-state index in [2.05, 4.69) is 37.4 Å². The van der Waals surface area contributed by atoms with Gasteiger partial charge in [-0.15, -0.1) is 0 Å². The second-order valence-corrected chi connectivity index (χ2v) is 7.39. The Labute approximate surface area is 122 Å². The predicted molar refractivity (Wildman–Crippen MR) is 83.3 cm³/mol. The van der Waals surface area contributed by atoms with Gasteiger partial charge in [0.2, 0.25) is 0 Å². The van der Waals surface area contributed by atoms with Crippen LogP contribution in [-0.2, 0) is 5.41 Å². The zero-order valence-corrected chi connectivity index (χ0v) is 13.0. The van der Waals surface area contributed by atoms with Crippen molar-refractivity contribution in [1.82, 2.24) is 5.32 Å². The van der Waals surface area contributed by atoms with E-state index in [1.165, 1.54) is 31.2 Å². The zero-order valence-electron chi connectivity index (χ0n) is 13.0. The number of nitrogens with one attached hydrogen (secondary N) is 1. The molecule has 2 aliphatic carbocycles. The maximum Gasteiger partial charge on any atom is 0.119 e. The number of rotatable bonds is 6. The molecule has 1 aromatic carbocycles. The first-order valence-electron chi connectivity index (χ1n) is 7.93. The summed E-state index contributed by atoms with van der Waals surface area (Å²) in [5.74, 6) is 1.70. The van der Waals surface area contributed by atoms with Crippen LogP contribution in [0.4, 0.5) is 0 Å². The first-order valence-corrected chi connectivity index (χ1v) is 7.93. The fraction of sp³-hybridized carbons (Fsp3) is 0.667. The third-order valence-corrected chi connectivity index (χ3v) is 5.08. The van der Waals surface area contributed by atoms with Crippen LogP contribution in [-0.4, -0.2) is 20.2 Å². The average Bonchev–Trinajstić information content (AvgIpc) is 3.17. The van der Waals surface area contributed by atoms with Crippen LogP contribution < -0.4 is 10.1 Å². The molecule has 0 bridgehead atoms. The Hall–Kier alpha value is -1.02. The van der Waals surface area contributed by atoms with Crippen molar-refractivity contribution >= 4 is 0 Å². The largest absolute Gasteiger partial charge is 0.497 e. The van der Waals surface area contributed by atoms with Gasteiger partial charge in [-0.2, -0.15) is 0 Å². The molecule has 0 saturated heterocycles. The number of methoxy groups -OCH3 is 1. The SMILES string of the molecule is COc1cccc(C2(CNCC(C)C)CC3(CC3)C2)c1. The van der Waals surface area contributed by atoms with Crippen molar-refractivity contribution in [3.8, 4) is 5.75 Å². The molecular weight excluding hydrogens is 246 g/mol. The highest BCUT2D eigenvalue weighted by Crippen LogP contribution is 2.68. The zero-order chi connectivity index (χ0) is 14.2. The first kappa shape index (κ1) is 13.9.